The highest BCUT2D eigenvalue weighted by molar-refractivity contribution is 7.26. The summed E-state index contributed by atoms with van der Waals surface area (Å²) < 4.78 is 8.10. The summed E-state index contributed by atoms with van der Waals surface area (Å²) in [4.78, 5) is 17.3. The SMILES string of the molecule is O=C1CCc2ccc(-c3cccc4c3sc3ccccc34)cc2N1CCN1CCOCC1. The fraction of sp³-hybridized carbons (Fsp3) is 0.296. The maximum absolute atomic E-state index is 12.9. The number of nitrogens with zero attached hydrogens (tertiary/aromatic N) is 2. The number of rotatable bonds is 4. The van der Waals surface area contributed by atoms with Crippen molar-refractivity contribution in [3.8, 4) is 11.1 Å². The summed E-state index contributed by atoms with van der Waals surface area (Å²) in [5.41, 5.74) is 4.80. The van der Waals surface area contributed by atoms with Crippen molar-refractivity contribution in [2.24, 2.45) is 0 Å². The van der Waals surface area contributed by atoms with Gasteiger partial charge in [-0.3, -0.25) is 9.69 Å². The Hall–Kier alpha value is -2.73. The van der Waals surface area contributed by atoms with E-state index < -0.39 is 0 Å². The molecule has 4 nitrogen and oxygen atoms in total. The van der Waals surface area contributed by atoms with E-state index in [1.54, 1.807) is 0 Å². The Labute approximate surface area is 192 Å². The van der Waals surface area contributed by atoms with Crippen LogP contribution in [0.5, 0.6) is 0 Å². The molecule has 3 heterocycles. The lowest BCUT2D eigenvalue weighted by Gasteiger charge is -2.33. The summed E-state index contributed by atoms with van der Waals surface area (Å²) >= 11 is 1.85. The lowest BCUT2D eigenvalue weighted by atomic mass is 9.95. The number of morpholine rings is 1. The molecule has 0 aliphatic carbocycles. The van der Waals surface area contributed by atoms with Gasteiger partial charge in [-0.15, -0.1) is 11.3 Å². The van der Waals surface area contributed by atoms with Crippen LogP contribution in [0.25, 0.3) is 31.3 Å². The molecule has 0 radical (unpaired) electrons. The molecule has 32 heavy (non-hydrogen) atoms. The number of hydrogen-bond acceptors (Lipinski definition) is 4. The number of carbonyl (C=O) groups excluding carboxylic acids is 1. The molecule has 0 N–H and O–H groups in total. The number of carbonyl (C=O) groups is 1. The van der Waals surface area contributed by atoms with Gasteiger partial charge in [0.2, 0.25) is 5.91 Å². The summed E-state index contributed by atoms with van der Waals surface area (Å²) in [5.74, 6) is 0.239. The zero-order valence-electron chi connectivity index (χ0n) is 18.0. The highest BCUT2D eigenvalue weighted by Crippen LogP contribution is 2.41. The first-order chi connectivity index (χ1) is 15.8. The van der Waals surface area contributed by atoms with Crippen LogP contribution in [0.1, 0.15) is 12.0 Å². The lowest BCUT2D eigenvalue weighted by molar-refractivity contribution is -0.119. The van der Waals surface area contributed by atoms with Crippen molar-refractivity contribution in [1.29, 1.82) is 0 Å². The van der Waals surface area contributed by atoms with Crippen molar-refractivity contribution >= 4 is 43.1 Å². The monoisotopic (exact) mass is 442 g/mol. The van der Waals surface area contributed by atoms with Crippen molar-refractivity contribution in [2.75, 3.05) is 44.3 Å². The molecule has 1 saturated heterocycles. The fourth-order valence-corrected chi connectivity index (χ4v) is 6.23. The van der Waals surface area contributed by atoms with Gasteiger partial charge < -0.3 is 9.64 Å². The molecular formula is C27H26N2O2S. The van der Waals surface area contributed by atoms with Crippen LogP contribution in [0.15, 0.2) is 60.7 Å². The molecule has 0 spiro atoms. The van der Waals surface area contributed by atoms with E-state index in [0.717, 1.165) is 51.5 Å². The Kier molecular flexibility index (Phi) is 5.18. The lowest BCUT2D eigenvalue weighted by Crippen LogP contribution is -2.44. The second-order valence-corrected chi connectivity index (χ2v) is 9.68. The standard InChI is InChI=1S/C27H26N2O2S/c30-26-11-10-19-8-9-20(18-24(19)29(26)13-12-28-14-16-31-17-15-28)21-5-3-6-23-22-4-1-2-7-25(22)32-27(21)23/h1-9,18H,10-17H2. The number of ether oxygens (including phenoxy) is 1. The number of amides is 1. The molecule has 1 aromatic heterocycles. The van der Waals surface area contributed by atoms with Gasteiger partial charge >= 0.3 is 0 Å². The first-order valence-electron chi connectivity index (χ1n) is 11.4. The van der Waals surface area contributed by atoms with Crippen molar-refractivity contribution in [3.63, 3.8) is 0 Å². The molecule has 0 bridgehead atoms. The Morgan fingerprint density at radius 2 is 1.72 bits per heavy atom. The Bertz CT molecular complexity index is 1310. The van der Waals surface area contributed by atoms with Gasteiger partial charge in [0, 0.05) is 58.5 Å². The zero-order valence-corrected chi connectivity index (χ0v) is 18.9. The van der Waals surface area contributed by atoms with Gasteiger partial charge in [-0.25, -0.2) is 0 Å². The molecule has 3 aromatic carbocycles. The van der Waals surface area contributed by atoms with E-state index in [-0.39, 0.29) is 5.91 Å². The summed E-state index contributed by atoms with van der Waals surface area (Å²) in [5, 5.41) is 2.62. The average Bonchev–Trinajstić information content (AvgIpc) is 3.23. The van der Waals surface area contributed by atoms with Crippen molar-refractivity contribution in [3.05, 3.63) is 66.2 Å². The molecule has 4 aromatic rings. The third kappa shape index (κ3) is 3.51. The van der Waals surface area contributed by atoms with Gasteiger partial charge in [0.1, 0.15) is 0 Å². The smallest absolute Gasteiger partial charge is 0.227 e. The number of anilines is 1. The van der Waals surface area contributed by atoms with Crippen LogP contribution in [0.4, 0.5) is 5.69 Å². The minimum absolute atomic E-state index is 0.239. The number of benzene rings is 3. The van der Waals surface area contributed by atoms with Crippen LogP contribution in [0, 0.1) is 0 Å². The summed E-state index contributed by atoms with van der Waals surface area (Å²) in [6.45, 7) is 5.10. The number of thiophene rings is 1. The van der Waals surface area contributed by atoms with E-state index in [4.69, 9.17) is 4.74 Å². The molecule has 6 rings (SSSR count). The highest BCUT2D eigenvalue weighted by atomic mass is 32.1. The fourth-order valence-electron chi connectivity index (χ4n) is 4.99. The molecule has 0 unspecified atom stereocenters. The maximum atomic E-state index is 12.9. The van der Waals surface area contributed by atoms with Crippen LogP contribution in [0.2, 0.25) is 0 Å². The van der Waals surface area contributed by atoms with Crippen LogP contribution in [0.3, 0.4) is 0 Å². The van der Waals surface area contributed by atoms with E-state index in [1.165, 1.54) is 36.9 Å². The number of aryl methyl sites for hydroxylation is 1. The molecular weight excluding hydrogens is 416 g/mol. The third-order valence-corrected chi connectivity index (χ3v) is 7.96. The summed E-state index contributed by atoms with van der Waals surface area (Å²) in [6, 6.07) is 21.9. The first kappa shape index (κ1) is 19.9. The van der Waals surface area contributed by atoms with E-state index in [1.807, 2.05) is 16.2 Å². The van der Waals surface area contributed by atoms with Crippen LogP contribution < -0.4 is 4.90 Å². The van der Waals surface area contributed by atoms with E-state index in [0.29, 0.717) is 6.42 Å². The molecule has 2 aliphatic rings. The van der Waals surface area contributed by atoms with Crippen LogP contribution in [-0.2, 0) is 16.0 Å². The Morgan fingerprint density at radius 1 is 0.875 bits per heavy atom. The minimum Gasteiger partial charge on any atom is -0.379 e. The van der Waals surface area contributed by atoms with Crippen molar-refractivity contribution in [2.45, 2.75) is 12.8 Å². The number of fused-ring (bicyclic) bond motifs is 4. The van der Waals surface area contributed by atoms with Gasteiger partial charge in [-0.1, -0.05) is 48.5 Å². The molecule has 162 valence electrons. The Balaban J connectivity index is 1.38. The average molecular weight is 443 g/mol. The van der Waals surface area contributed by atoms with Gasteiger partial charge in [0.15, 0.2) is 0 Å². The molecule has 0 saturated carbocycles. The van der Waals surface area contributed by atoms with Gasteiger partial charge in [-0.05, 0) is 35.2 Å². The third-order valence-electron chi connectivity index (χ3n) is 6.74. The first-order valence-corrected chi connectivity index (χ1v) is 12.2. The molecule has 1 fully saturated rings. The number of hydrogen-bond donors (Lipinski definition) is 0. The minimum atomic E-state index is 0.239. The molecule has 2 aliphatic heterocycles. The predicted octanol–water partition coefficient (Wildman–Crippen LogP) is 5.33. The van der Waals surface area contributed by atoms with Gasteiger partial charge in [0.25, 0.3) is 0 Å². The summed E-state index contributed by atoms with van der Waals surface area (Å²) in [6.07, 6.45) is 1.43. The van der Waals surface area contributed by atoms with Crippen molar-refractivity contribution in [1.82, 2.24) is 4.90 Å². The summed E-state index contributed by atoms with van der Waals surface area (Å²) in [7, 11) is 0. The zero-order chi connectivity index (χ0) is 21.5. The second-order valence-electron chi connectivity index (χ2n) is 8.62. The van der Waals surface area contributed by atoms with Gasteiger partial charge in [0.05, 0.1) is 13.2 Å². The van der Waals surface area contributed by atoms with Crippen LogP contribution >= 0.6 is 11.3 Å². The van der Waals surface area contributed by atoms with E-state index in [2.05, 4.69) is 65.6 Å². The van der Waals surface area contributed by atoms with E-state index in [9.17, 15) is 4.79 Å². The Morgan fingerprint density at radius 3 is 2.62 bits per heavy atom. The second kappa shape index (κ2) is 8.32. The highest BCUT2D eigenvalue weighted by Gasteiger charge is 2.25. The largest absolute Gasteiger partial charge is 0.379 e. The van der Waals surface area contributed by atoms with Crippen LogP contribution in [-0.4, -0.2) is 50.2 Å². The molecule has 0 atom stereocenters. The normalized spacial score (nSPS) is 17.2. The van der Waals surface area contributed by atoms with Crippen molar-refractivity contribution < 1.29 is 9.53 Å². The molecule has 5 heteroatoms. The predicted molar refractivity (Wildman–Crippen MR) is 133 cm³/mol. The van der Waals surface area contributed by atoms with E-state index >= 15 is 0 Å². The topological polar surface area (TPSA) is 32.8 Å². The quantitative estimate of drug-likeness (QED) is 0.428. The molecule has 1 amide bonds. The van der Waals surface area contributed by atoms with Gasteiger partial charge in [-0.2, -0.15) is 0 Å². The maximum Gasteiger partial charge on any atom is 0.227 e.